The highest BCUT2D eigenvalue weighted by molar-refractivity contribution is 5.79. The molecule has 0 aliphatic rings. The van der Waals surface area contributed by atoms with Crippen LogP contribution >= 0.6 is 0 Å². The third kappa shape index (κ3) is 2.53. The molecule has 0 spiro atoms. The molecule has 0 saturated heterocycles. The maximum atomic E-state index is 10.3. The lowest BCUT2D eigenvalue weighted by atomic mass is 10.4. The number of aromatic nitrogens is 2. The number of carbonyl (C=O) groups excluding carboxylic acids is 1. The van der Waals surface area contributed by atoms with E-state index < -0.39 is 5.97 Å². The molecule has 0 aliphatic carbocycles. The van der Waals surface area contributed by atoms with Crippen molar-refractivity contribution < 1.29 is 9.63 Å². The molecule has 1 aromatic rings. The van der Waals surface area contributed by atoms with Crippen molar-refractivity contribution in [2.24, 2.45) is 12.2 Å². The van der Waals surface area contributed by atoms with E-state index in [-0.39, 0.29) is 0 Å². The smallest absolute Gasteiger partial charge is 0.319 e. The third-order valence-corrected chi connectivity index (χ3v) is 1.11. The second-order valence-electron chi connectivity index (χ2n) is 2.26. The molecule has 0 fully saturated rings. The fourth-order valence-electron chi connectivity index (χ4n) is 0.668. The van der Waals surface area contributed by atoms with E-state index in [9.17, 15) is 4.79 Å². The summed E-state index contributed by atoms with van der Waals surface area (Å²) in [5, 5.41) is 7.33. The van der Waals surface area contributed by atoms with Crippen LogP contribution in [0.25, 0.3) is 0 Å². The highest BCUT2D eigenvalue weighted by atomic mass is 16.7. The van der Waals surface area contributed by atoms with Crippen molar-refractivity contribution in [3.8, 4) is 0 Å². The molecule has 0 atom stereocenters. The molecule has 0 aliphatic heterocycles. The van der Waals surface area contributed by atoms with Gasteiger partial charge in [0.25, 0.3) is 0 Å². The van der Waals surface area contributed by atoms with E-state index >= 15 is 0 Å². The molecule has 1 aromatic heterocycles. The highest BCUT2D eigenvalue weighted by Gasteiger charge is 1.91. The van der Waals surface area contributed by atoms with E-state index in [0.29, 0.717) is 0 Å². The first-order chi connectivity index (χ1) is 5.68. The van der Waals surface area contributed by atoms with Gasteiger partial charge in [-0.05, 0) is 0 Å². The van der Waals surface area contributed by atoms with Crippen LogP contribution in [-0.4, -0.2) is 22.0 Å². The average molecular weight is 167 g/mol. The van der Waals surface area contributed by atoms with Gasteiger partial charge >= 0.3 is 5.97 Å². The molecule has 5 nitrogen and oxygen atoms in total. The van der Waals surface area contributed by atoms with E-state index in [4.69, 9.17) is 0 Å². The van der Waals surface area contributed by atoms with Crippen molar-refractivity contribution >= 4 is 12.2 Å². The third-order valence-electron chi connectivity index (χ3n) is 1.11. The summed E-state index contributed by atoms with van der Waals surface area (Å²) in [4.78, 5) is 14.6. The second kappa shape index (κ2) is 3.66. The van der Waals surface area contributed by atoms with E-state index in [1.54, 1.807) is 24.1 Å². The molecule has 12 heavy (non-hydrogen) atoms. The Hall–Kier alpha value is -1.65. The zero-order chi connectivity index (χ0) is 8.97. The van der Waals surface area contributed by atoms with Gasteiger partial charge in [0.2, 0.25) is 0 Å². The minimum Gasteiger partial charge on any atom is -0.319 e. The molecule has 0 N–H and O–H groups in total. The summed E-state index contributed by atoms with van der Waals surface area (Å²) in [7, 11) is 1.79. The van der Waals surface area contributed by atoms with Crippen LogP contribution in [0.5, 0.6) is 0 Å². The topological polar surface area (TPSA) is 56.5 Å². The fraction of sp³-hybridized carbons (Fsp3) is 0.286. The molecule has 0 saturated carbocycles. The summed E-state index contributed by atoms with van der Waals surface area (Å²) in [6.07, 6.45) is 4.80. The number of rotatable bonds is 2. The van der Waals surface area contributed by atoms with Crippen LogP contribution in [0.1, 0.15) is 12.5 Å². The van der Waals surface area contributed by atoms with Gasteiger partial charge in [-0.1, -0.05) is 5.16 Å². The van der Waals surface area contributed by atoms with Gasteiger partial charge in [-0.25, -0.2) is 4.79 Å². The van der Waals surface area contributed by atoms with Crippen LogP contribution < -0.4 is 0 Å². The Balaban J connectivity index is 2.52. The van der Waals surface area contributed by atoms with Crippen molar-refractivity contribution in [1.82, 2.24) is 9.78 Å². The fourth-order valence-corrected chi connectivity index (χ4v) is 0.668. The predicted octanol–water partition coefficient (Wildman–Crippen LogP) is 0.317. The molecular formula is C7H9N3O2. The number of hydrogen-bond donors (Lipinski definition) is 0. The van der Waals surface area contributed by atoms with Gasteiger partial charge in [-0.3, -0.25) is 4.68 Å². The molecule has 0 amide bonds. The van der Waals surface area contributed by atoms with Crippen molar-refractivity contribution in [1.29, 1.82) is 0 Å². The van der Waals surface area contributed by atoms with Crippen LogP contribution in [-0.2, 0) is 16.7 Å². The maximum Gasteiger partial charge on any atom is 0.331 e. The van der Waals surface area contributed by atoms with Gasteiger partial charge in [0.15, 0.2) is 0 Å². The van der Waals surface area contributed by atoms with Crippen LogP contribution in [0, 0.1) is 0 Å². The van der Waals surface area contributed by atoms with E-state index in [1.807, 2.05) is 0 Å². The first kappa shape index (κ1) is 8.45. The van der Waals surface area contributed by atoms with Gasteiger partial charge in [0.1, 0.15) is 0 Å². The van der Waals surface area contributed by atoms with Crippen molar-refractivity contribution in [2.75, 3.05) is 0 Å². The van der Waals surface area contributed by atoms with E-state index in [0.717, 1.165) is 5.56 Å². The second-order valence-corrected chi connectivity index (χ2v) is 2.26. The van der Waals surface area contributed by atoms with E-state index in [1.165, 1.54) is 13.1 Å². The molecular weight excluding hydrogens is 158 g/mol. The minimum absolute atomic E-state index is 0.435. The normalized spacial score (nSPS) is 10.5. The van der Waals surface area contributed by atoms with Crippen LogP contribution in [0.2, 0.25) is 0 Å². The molecule has 0 bridgehead atoms. The zero-order valence-corrected chi connectivity index (χ0v) is 6.89. The van der Waals surface area contributed by atoms with Crippen LogP contribution in [0.4, 0.5) is 0 Å². The Morgan fingerprint density at radius 1 is 1.83 bits per heavy atom. The summed E-state index contributed by atoms with van der Waals surface area (Å²) in [5.41, 5.74) is 0.791. The SMILES string of the molecule is CC(=O)O/N=C/c1cnn(C)c1. The molecule has 1 rings (SSSR count). The number of hydrogen-bond acceptors (Lipinski definition) is 4. The first-order valence-electron chi connectivity index (χ1n) is 3.38. The Morgan fingerprint density at radius 2 is 2.58 bits per heavy atom. The zero-order valence-electron chi connectivity index (χ0n) is 6.89. The summed E-state index contributed by atoms with van der Waals surface area (Å²) in [6, 6.07) is 0. The molecule has 0 aromatic carbocycles. The monoisotopic (exact) mass is 167 g/mol. The Morgan fingerprint density at radius 3 is 3.08 bits per heavy atom. The van der Waals surface area contributed by atoms with Crippen molar-refractivity contribution in [2.45, 2.75) is 6.92 Å². The number of nitrogens with zero attached hydrogens (tertiary/aromatic N) is 3. The van der Waals surface area contributed by atoms with Crippen molar-refractivity contribution in [3.05, 3.63) is 18.0 Å². The van der Waals surface area contributed by atoms with Crippen LogP contribution in [0.3, 0.4) is 0 Å². The quantitative estimate of drug-likeness (QED) is 0.362. The predicted molar refractivity (Wildman–Crippen MR) is 42.6 cm³/mol. The Bertz CT molecular complexity index is 303. The number of aryl methyl sites for hydroxylation is 1. The van der Waals surface area contributed by atoms with Gasteiger partial charge < -0.3 is 4.84 Å². The van der Waals surface area contributed by atoms with Gasteiger partial charge in [-0.15, -0.1) is 0 Å². The standard InChI is InChI=1S/C7H9N3O2/c1-6(11)12-9-4-7-3-8-10(2)5-7/h3-5H,1-2H3/b9-4+. The maximum absolute atomic E-state index is 10.3. The summed E-state index contributed by atoms with van der Waals surface area (Å²) in [5.74, 6) is -0.435. The largest absolute Gasteiger partial charge is 0.331 e. The molecule has 0 radical (unpaired) electrons. The Labute approximate surface area is 69.6 Å². The average Bonchev–Trinajstić information content (AvgIpc) is 2.35. The lowest BCUT2D eigenvalue weighted by Crippen LogP contribution is -1.91. The number of oxime groups is 1. The first-order valence-corrected chi connectivity index (χ1v) is 3.38. The molecule has 0 unspecified atom stereocenters. The molecule has 64 valence electrons. The lowest BCUT2D eigenvalue weighted by Gasteiger charge is -1.86. The summed E-state index contributed by atoms with van der Waals surface area (Å²) in [6.45, 7) is 1.29. The van der Waals surface area contributed by atoms with Crippen LogP contribution in [0.15, 0.2) is 17.5 Å². The minimum atomic E-state index is -0.435. The Kier molecular flexibility index (Phi) is 2.57. The number of carbonyl (C=O) groups is 1. The van der Waals surface area contributed by atoms with Gasteiger partial charge in [0, 0.05) is 25.7 Å². The highest BCUT2D eigenvalue weighted by Crippen LogP contribution is 1.91. The molecule has 1 heterocycles. The van der Waals surface area contributed by atoms with E-state index in [2.05, 4.69) is 15.1 Å². The summed E-state index contributed by atoms with van der Waals surface area (Å²) < 4.78 is 1.63. The molecule has 5 heteroatoms. The van der Waals surface area contributed by atoms with Gasteiger partial charge in [0.05, 0.1) is 12.4 Å². The van der Waals surface area contributed by atoms with Gasteiger partial charge in [-0.2, -0.15) is 5.10 Å². The lowest BCUT2D eigenvalue weighted by molar-refractivity contribution is -0.140. The summed E-state index contributed by atoms with van der Waals surface area (Å²) >= 11 is 0. The van der Waals surface area contributed by atoms with Crippen molar-refractivity contribution in [3.63, 3.8) is 0 Å².